The van der Waals surface area contributed by atoms with Crippen LogP contribution in [-0.4, -0.2) is 15.9 Å². The average molecular weight is 262 g/mol. The molecule has 18 heavy (non-hydrogen) atoms. The number of amides is 1. The third kappa shape index (κ3) is 2.65. The van der Waals surface area contributed by atoms with E-state index in [0.29, 0.717) is 16.4 Å². The number of carbonyl (C=O) groups is 1. The molecule has 0 fully saturated rings. The van der Waals surface area contributed by atoms with Crippen molar-refractivity contribution in [3.05, 3.63) is 52.6 Å². The van der Waals surface area contributed by atoms with Crippen LogP contribution in [-0.2, 0) is 0 Å². The van der Waals surface area contributed by atoms with Crippen molar-refractivity contribution in [2.45, 2.75) is 13.8 Å². The number of aromatic nitrogens is 2. The van der Waals surface area contributed by atoms with Gasteiger partial charge in [-0.15, -0.1) is 0 Å². The van der Waals surface area contributed by atoms with Crippen molar-refractivity contribution in [2.75, 3.05) is 5.32 Å². The number of aryl methyl sites for hydroxylation is 1. The molecule has 0 saturated carbocycles. The van der Waals surface area contributed by atoms with Gasteiger partial charge in [-0.25, -0.2) is 9.97 Å². The summed E-state index contributed by atoms with van der Waals surface area (Å²) in [6.07, 6.45) is 1.37. The molecule has 0 saturated heterocycles. The summed E-state index contributed by atoms with van der Waals surface area (Å²) in [5.41, 5.74) is 2.60. The molecule has 0 spiro atoms. The molecule has 2 aromatic rings. The van der Waals surface area contributed by atoms with Crippen molar-refractivity contribution in [3.63, 3.8) is 0 Å². The standard InChI is InChI=1S/C13H12ClN3O/c1-8-6-12(16-7-15-8)13(18)17-11-5-3-4-10(14)9(11)2/h3-7H,1-2H3,(H,17,18). The average Bonchev–Trinajstić information content (AvgIpc) is 2.35. The Morgan fingerprint density at radius 2 is 2.06 bits per heavy atom. The maximum atomic E-state index is 12.0. The van der Waals surface area contributed by atoms with Crippen LogP contribution < -0.4 is 5.32 Å². The van der Waals surface area contributed by atoms with E-state index in [1.54, 1.807) is 24.3 Å². The normalized spacial score (nSPS) is 10.2. The lowest BCUT2D eigenvalue weighted by atomic mass is 10.2. The molecule has 1 heterocycles. The van der Waals surface area contributed by atoms with Crippen LogP contribution in [0.1, 0.15) is 21.7 Å². The minimum Gasteiger partial charge on any atom is -0.320 e. The lowest BCUT2D eigenvalue weighted by molar-refractivity contribution is 0.102. The summed E-state index contributed by atoms with van der Waals surface area (Å²) < 4.78 is 0. The van der Waals surface area contributed by atoms with E-state index in [1.807, 2.05) is 13.8 Å². The Kier molecular flexibility index (Phi) is 3.58. The third-order valence-electron chi connectivity index (χ3n) is 2.55. The second-order valence-corrected chi connectivity index (χ2v) is 4.32. The summed E-state index contributed by atoms with van der Waals surface area (Å²) in [4.78, 5) is 19.9. The highest BCUT2D eigenvalue weighted by atomic mass is 35.5. The number of hydrogen-bond acceptors (Lipinski definition) is 3. The molecular weight excluding hydrogens is 250 g/mol. The minimum atomic E-state index is -0.272. The lowest BCUT2D eigenvalue weighted by Crippen LogP contribution is -2.14. The van der Waals surface area contributed by atoms with E-state index in [9.17, 15) is 4.79 Å². The van der Waals surface area contributed by atoms with Crippen LogP contribution >= 0.6 is 11.6 Å². The number of nitrogens with one attached hydrogen (secondary N) is 1. The maximum absolute atomic E-state index is 12.0. The number of halogens is 1. The van der Waals surface area contributed by atoms with Gasteiger partial charge in [-0.05, 0) is 37.6 Å². The molecule has 92 valence electrons. The highest BCUT2D eigenvalue weighted by molar-refractivity contribution is 6.31. The number of carbonyl (C=O) groups excluding carboxylic acids is 1. The van der Waals surface area contributed by atoms with E-state index in [4.69, 9.17) is 11.6 Å². The SMILES string of the molecule is Cc1cc(C(=O)Nc2cccc(Cl)c2C)ncn1. The Hall–Kier alpha value is -1.94. The summed E-state index contributed by atoms with van der Waals surface area (Å²) in [5.74, 6) is -0.272. The van der Waals surface area contributed by atoms with Gasteiger partial charge < -0.3 is 5.32 Å². The van der Waals surface area contributed by atoms with E-state index in [0.717, 1.165) is 11.3 Å². The smallest absolute Gasteiger partial charge is 0.274 e. The fourth-order valence-electron chi connectivity index (χ4n) is 1.51. The van der Waals surface area contributed by atoms with Gasteiger partial charge in [-0.1, -0.05) is 17.7 Å². The van der Waals surface area contributed by atoms with Crippen molar-refractivity contribution in [1.29, 1.82) is 0 Å². The van der Waals surface area contributed by atoms with Crippen molar-refractivity contribution in [3.8, 4) is 0 Å². The molecule has 0 aliphatic rings. The maximum Gasteiger partial charge on any atom is 0.274 e. The van der Waals surface area contributed by atoms with Gasteiger partial charge in [0.05, 0.1) is 0 Å². The van der Waals surface area contributed by atoms with Gasteiger partial charge in [0.15, 0.2) is 0 Å². The van der Waals surface area contributed by atoms with E-state index >= 15 is 0 Å². The minimum absolute atomic E-state index is 0.272. The predicted octanol–water partition coefficient (Wildman–Crippen LogP) is 3.00. The highest BCUT2D eigenvalue weighted by Gasteiger charge is 2.10. The first-order valence-electron chi connectivity index (χ1n) is 5.43. The van der Waals surface area contributed by atoms with E-state index < -0.39 is 0 Å². The van der Waals surface area contributed by atoms with Crippen LogP contribution in [0.4, 0.5) is 5.69 Å². The van der Waals surface area contributed by atoms with Gasteiger partial charge >= 0.3 is 0 Å². The van der Waals surface area contributed by atoms with Gasteiger partial charge in [-0.2, -0.15) is 0 Å². The Morgan fingerprint density at radius 1 is 1.28 bits per heavy atom. The number of anilines is 1. The van der Waals surface area contributed by atoms with E-state index in [2.05, 4.69) is 15.3 Å². The Morgan fingerprint density at radius 3 is 2.78 bits per heavy atom. The molecule has 0 atom stereocenters. The summed E-state index contributed by atoms with van der Waals surface area (Å²) in [6, 6.07) is 7.00. The molecule has 4 nitrogen and oxygen atoms in total. The molecule has 0 aliphatic carbocycles. The molecular formula is C13H12ClN3O. The van der Waals surface area contributed by atoms with E-state index in [1.165, 1.54) is 6.33 Å². The first kappa shape index (κ1) is 12.5. The van der Waals surface area contributed by atoms with Crippen molar-refractivity contribution in [1.82, 2.24) is 9.97 Å². The summed E-state index contributed by atoms with van der Waals surface area (Å²) in [6.45, 7) is 3.66. The van der Waals surface area contributed by atoms with Crippen LogP contribution in [0.15, 0.2) is 30.6 Å². The lowest BCUT2D eigenvalue weighted by Gasteiger charge is -2.09. The molecule has 0 aliphatic heterocycles. The van der Waals surface area contributed by atoms with Crippen molar-refractivity contribution in [2.24, 2.45) is 0 Å². The zero-order valence-electron chi connectivity index (χ0n) is 10.1. The van der Waals surface area contributed by atoms with Gasteiger partial charge in [0.2, 0.25) is 0 Å². The van der Waals surface area contributed by atoms with Gasteiger partial charge in [0.1, 0.15) is 12.0 Å². The second-order valence-electron chi connectivity index (χ2n) is 3.91. The molecule has 1 aromatic heterocycles. The molecule has 5 heteroatoms. The number of rotatable bonds is 2. The first-order valence-corrected chi connectivity index (χ1v) is 5.81. The predicted molar refractivity (Wildman–Crippen MR) is 70.9 cm³/mol. The van der Waals surface area contributed by atoms with Crippen LogP contribution in [0.5, 0.6) is 0 Å². The summed E-state index contributed by atoms with van der Waals surface area (Å²) >= 11 is 5.99. The highest BCUT2D eigenvalue weighted by Crippen LogP contribution is 2.23. The van der Waals surface area contributed by atoms with Crippen LogP contribution in [0.2, 0.25) is 5.02 Å². The molecule has 1 amide bonds. The molecule has 0 unspecified atom stereocenters. The molecule has 0 bridgehead atoms. The first-order chi connectivity index (χ1) is 8.58. The zero-order valence-corrected chi connectivity index (χ0v) is 10.8. The quantitative estimate of drug-likeness (QED) is 0.904. The monoisotopic (exact) mass is 261 g/mol. The second kappa shape index (κ2) is 5.14. The Labute approximate surface area is 110 Å². The van der Waals surface area contributed by atoms with Gasteiger partial charge in [0.25, 0.3) is 5.91 Å². The summed E-state index contributed by atoms with van der Waals surface area (Å²) in [5, 5.41) is 3.40. The van der Waals surface area contributed by atoms with Gasteiger partial charge in [-0.3, -0.25) is 4.79 Å². The van der Waals surface area contributed by atoms with Crippen LogP contribution in [0.25, 0.3) is 0 Å². The van der Waals surface area contributed by atoms with Crippen molar-refractivity contribution < 1.29 is 4.79 Å². The largest absolute Gasteiger partial charge is 0.320 e. The van der Waals surface area contributed by atoms with Crippen LogP contribution in [0, 0.1) is 13.8 Å². The molecule has 2 rings (SSSR count). The van der Waals surface area contributed by atoms with Crippen molar-refractivity contribution >= 4 is 23.2 Å². The summed E-state index contributed by atoms with van der Waals surface area (Å²) in [7, 11) is 0. The fourth-order valence-corrected chi connectivity index (χ4v) is 1.68. The van der Waals surface area contributed by atoms with E-state index in [-0.39, 0.29) is 5.91 Å². The molecule has 1 aromatic carbocycles. The molecule has 0 radical (unpaired) electrons. The topological polar surface area (TPSA) is 54.9 Å². The number of nitrogens with zero attached hydrogens (tertiary/aromatic N) is 2. The van der Waals surface area contributed by atoms with Crippen LogP contribution in [0.3, 0.4) is 0 Å². The zero-order chi connectivity index (χ0) is 13.1. The Bertz CT molecular complexity index is 599. The number of benzene rings is 1. The Balaban J connectivity index is 2.24. The fraction of sp³-hybridized carbons (Fsp3) is 0.154. The third-order valence-corrected chi connectivity index (χ3v) is 2.96. The van der Waals surface area contributed by atoms with Gasteiger partial charge in [0, 0.05) is 16.4 Å². The molecule has 1 N–H and O–H groups in total. The number of hydrogen-bond donors (Lipinski definition) is 1.